The molecule has 1 aliphatic heterocycles. The molecule has 1 rings (SSSR count). The first-order valence-electron chi connectivity index (χ1n) is 4.53. The van der Waals surface area contributed by atoms with E-state index in [2.05, 4.69) is 5.32 Å². The average Bonchev–Trinajstić information content (AvgIpc) is 2.32. The highest BCUT2D eigenvalue weighted by atomic mass is 16.7. The molecule has 0 aromatic heterocycles. The molecule has 0 unspecified atom stereocenters. The molecule has 1 aliphatic rings. The lowest BCUT2D eigenvalue weighted by atomic mass is 10.2. The van der Waals surface area contributed by atoms with Crippen LogP contribution >= 0.6 is 0 Å². The first kappa shape index (κ1) is 9.32. The standard InChI is InChI=1S/C8H16N2O2/c1-2-9-8(11)10-6-4-3-5-7-12-10/h2-7H2,1H3,(H,9,11). The summed E-state index contributed by atoms with van der Waals surface area (Å²) >= 11 is 0. The number of hydrogen-bond acceptors (Lipinski definition) is 2. The Bertz CT molecular complexity index is 142. The molecule has 4 heteroatoms. The number of hydrogen-bond donors (Lipinski definition) is 1. The third kappa shape index (κ3) is 2.70. The van der Waals surface area contributed by atoms with Crippen LogP contribution in [0, 0.1) is 0 Å². The minimum absolute atomic E-state index is 0.112. The summed E-state index contributed by atoms with van der Waals surface area (Å²) in [5.41, 5.74) is 0. The van der Waals surface area contributed by atoms with Crippen LogP contribution in [0.25, 0.3) is 0 Å². The van der Waals surface area contributed by atoms with Gasteiger partial charge in [0, 0.05) is 6.54 Å². The highest BCUT2D eigenvalue weighted by molar-refractivity contribution is 5.72. The van der Waals surface area contributed by atoms with Crippen LogP contribution in [0.5, 0.6) is 0 Å². The number of rotatable bonds is 1. The maximum Gasteiger partial charge on any atom is 0.341 e. The van der Waals surface area contributed by atoms with Gasteiger partial charge < -0.3 is 5.32 Å². The molecule has 0 atom stereocenters. The van der Waals surface area contributed by atoms with E-state index in [0.717, 1.165) is 19.3 Å². The van der Waals surface area contributed by atoms with E-state index in [1.807, 2.05) is 6.92 Å². The van der Waals surface area contributed by atoms with Crippen molar-refractivity contribution in [3.8, 4) is 0 Å². The van der Waals surface area contributed by atoms with Gasteiger partial charge in [0.2, 0.25) is 0 Å². The summed E-state index contributed by atoms with van der Waals surface area (Å²) in [5.74, 6) is 0. The number of hydroxylamine groups is 2. The lowest BCUT2D eigenvalue weighted by molar-refractivity contribution is -0.108. The predicted molar refractivity (Wildman–Crippen MR) is 45.6 cm³/mol. The number of carbonyl (C=O) groups excluding carboxylic acids is 1. The van der Waals surface area contributed by atoms with Gasteiger partial charge in [0.25, 0.3) is 0 Å². The van der Waals surface area contributed by atoms with E-state index >= 15 is 0 Å². The Morgan fingerprint density at radius 3 is 3.08 bits per heavy atom. The van der Waals surface area contributed by atoms with Crippen molar-refractivity contribution >= 4 is 6.03 Å². The Morgan fingerprint density at radius 2 is 2.33 bits per heavy atom. The van der Waals surface area contributed by atoms with Crippen molar-refractivity contribution < 1.29 is 9.63 Å². The molecule has 0 radical (unpaired) electrons. The van der Waals surface area contributed by atoms with Crippen molar-refractivity contribution in [1.82, 2.24) is 10.4 Å². The summed E-state index contributed by atoms with van der Waals surface area (Å²) < 4.78 is 0. The molecule has 0 saturated carbocycles. The maximum atomic E-state index is 11.2. The Hall–Kier alpha value is -0.770. The van der Waals surface area contributed by atoms with Gasteiger partial charge in [-0.3, -0.25) is 4.84 Å². The van der Waals surface area contributed by atoms with Crippen molar-refractivity contribution in [2.45, 2.75) is 26.2 Å². The molecule has 0 spiro atoms. The molecule has 1 fully saturated rings. The van der Waals surface area contributed by atoms with E-state index in [4.69, 9.17) is 4.84 Å². The number of carbonyl (C=O) groups is 1. The average molecular weight is 172 g/mol. The second kappa shape index (κ2) is 4.98. The normalized spacial score (nSPS) is 18.6. The molecule has 1 N–H and O–H groups in total. The number of urea groups is 1. The molecule has 0 aliphatic carbocycles. The molecule has 1 heterocycles. The topological polar surface area (TPSA) is 41.6 Å². The first-order chi connectivity index (χ1) is 5.84. The first-order valence-corrected chi connectivity index (χ1v) is 4.53. The van der Waals surface area contributed by atoms with Crippen molar-refractivity contribution in [3.63, 3.8) is 0 Å². The molecular formula is C8H16N2O2. The number of amides is 2. The monoisotopic (exact) mass is 172 g/mol. The Kier molecular flexibility index (Phi) is 3.87. The summed E-state index contributed by atoms with van der Waals surface area (Å²) in [6.07, 6.45) is 3.24. The van der Waals surface area contributed by atoms with E-state index < -0.39 is 0 Å². The summed E-state index contributed by atoms with van der Waals surface area (Å²) in [6, 6.07) is -0.112. The molecular weight excluding hydrogens is 156 g/mol. The second-order valence-electron chi connectivity index (χ2n) is 2.83. The molecule has 0 aromatic carbocycles. The van der Waals surface area contributed by atoms with E-state index in [-0.39, 0.29) is 6.03 Å². The number of nitrogens with one attached hydrogen (secondary N) is 1. The van der Waals surface area contributed by atoms with Gasteiger partial charge >= 0.3 is 6.03 Å². The van der Waals surface area contributed by atoms with Gasteiger partial charge in [-0.25, -0.2) is 9.86 Å². The number of nitrogens with zero attached hydrogens (tertiary/aromatic N) is 1. The smallest absolute Gasteiger partial charge is 0.336 e. The van der Waals surface area contributed by atoms with Crippen LogP contribution < -0.4 is 5.32 Å². The van der Waals surface area contributed by atoms with Crippen LogP contribution in [0.2, 0.25) is 0 Å². The third-order valence-corrected chi connectivity index (χ3v) is 1.81. The zero-order chi connectivity index (χ0) is 8.81. The fourth-order valence-electron chi connectivity index (χ4n) is 1.17. The van der Waals surface area contributed by atoms with Crippen molar-refractivity contribution in [2.24, 2.45) is 0 Å². The van der Waals surface area contributed by atoms with Gasteiger partial charge in [-0.15, -0.1) is 0 Å². The largest absolute Gasteiger partial charge is 0.341 e. The second-order valence-corrected chi connectivity index (χ2v) is 2.83. The molecule has 12 heavy (non-hydrogen) atoms. The van der Waals surface area contributed by atoms with Crippen LogP contribution in [-0.2, 0) is 4.84 Å². The van der Waals surface area contributed by atoms with Crippen LogP contribution in [0.1, 0.15) is 26.2 Å². The highest BCUT2D eigenvalue weighted by Crippen LogP contribution is 2.06. The molecule has 1 saturated heterocycles. The van der Waals surface area contributed by atoms with E-state index in [0.29, 0.717) is 19.7 Å². The third-order valence-electron chi connectivity index (χ3n) is 1.81. The molecule has 0 aromatic rings. The lowest BCUT2D eigenvalue weighted by Crippen LogP contribution is -2.39. The van der Waals surface area contributed by atoms with Crippen LogP contribution in [0.3, 0.4) is 0 Å². The molecule has 4 nitrogen and oxygen atoms in total. The molecule has 2 amide bonds. The summed E-state index contributed by atoms with van der Waals surface area (Å²) in [5, 5.41) is 4.13. The summed E-state index contributed by atoms with van der Waals surface area (Å²) in [4.78, 5) is 16.5. The fourth-order valence-corrected chi connectivity index (χ4v) is 1.17. The van der Waals surface area contributed by atoms with E-state index in [1.54, 1.807) is 0 Å². The van der Waals surface area contributed by atoms with Gasteiger partial charge in [-0.05, 0) is 26.2 Å². The Labute approximate surface area is 72.8 Å². The van der Waals surface area contributed by atoms with Gasteiger partial charge in [0.15, 0.2) is 0 Å². The van der Waals surface area contributed by atoms with E-state index in [9.17, 15) is 4.79 Å². The quantitative estimate of drug-likeness (QED) is 0.644. The van der Waals surface area contributed by atoms with Gasteiger partial charge in [-0.2, -0.15) is 0 Å². The van der Waals surface area contributed by atoms with E-state index in [1.165, 1.54) is 5.06 Å². The Balaban J connectivity index is 2.32. The predicted octanol–water partition coefficient (Wildman–Crippen LogP) is 1.13. The zero-order valence-corrected chi connectivity index (χ0v) is 7.51. The van der Waals surface area contributed by atoms with Gasteiger partial charge in [0.05, 0.1) is 13.2 Å². The summed E-state index contributed by atoms with van der Waals surface area (Å²) in [6.45, 7) is 3.93. The molecule has 0 bridgehead atoms. The summed E-state index contributed by atoms with van der Waals surface area (Å²) in [7, 11) is 0. The maximum absolute atomic E-state index is 11.2. The minimum Gasteiger partial charge on any atom is -0.336 e. The van der Waals surface area contributed by atoms with Crippen LogP contribution in [-0.4, -0.2) is 30.8 Å². The molecule has 70 valence electrons. The van der Waals surface area contributed by atoms with Crippen LogP contribution in [0.15, 0.2) is 0 Å². The minimum atomic E-state index is -0.112. The fraction of sp³-hybridized carbons (Fsp3) is 0.875. The zero-order valence-electron chi connectivity index (χ0n) is 7.51. The van der Waals surface area contributed by atoms with Gasteiger partial charge in [-0.1, -0.05) is 0 Å². The Morgan fingerprint density at radius 1 is 1.50 bits per heavy atom. The lowest BCUT2D eigenvalue weighted by Gasteiger charge is -2.18. The highest BCUT2D eigenvalue weighted by Gasteiger charge is 2.14. The van der Waals surface area contributed by atoms with Gasteiger partial charge in [0.1, 0.15) is 0 Å². The van der Waals surface area contributed by atoms with Crippen molar-refractivity contribution in [2.75, 3.05) is 19.7 Å². The van der Waals surface area contributed by atoms with Crippen LogP contribution in [0.4, 0.5) is 4.79 Å². The van der Waals surface area contributed by atoms with Crippen molar-refractivity contribution in [3.05, 3.63) is 0 Å². The van der Waals surface area contributed by atoms with Crippen molar-refractivity contribution in [1.29, 1.82) is 0 Å². The SMILES string of the molecule is CCNC(=O)N1CCCCCO1.